The van der Waals surface area contributed by atoms with Crippen LogP contribution in [0.4, 0.5) is 0 Å². The molecule has 74 valence electrons. The van der Waals surface area contributed by atoms with Gasteiger partial charge < -0.3 is 14.2 Å². The molecule has 2 unspecified atom stereocenters. The number of rotatable bonds is 6. The molecular formula is C6H14O5P-. The van der Waals surface area contributed by atoms with Crippen molar-refractivity contribution in [1.29, 1.82) is 0 Å². The number of hydrogen-bond donors (Lipinski definition) is 0. The summed E-state index contributed by atoms with van der Waals surface area (Å²) in [4.78, 5) is 10.8. The lowest BCUT2D eigenvalue weighted by molar-refractivity contribution is -0.242. The predicted octanol–water partition coefficient (Wildman–Crippen LogP) is 0.890. The average Bonchev–Trinajstić information content (AvgIpc) is 1.85. The molecule has 0 saturated heterocycles. The van der Waals surface area contributed by atoms with Crippen molar-refractivity contribution in [2.75, 3.05) is 13.2 Å². The highest BCUT2D eigenvalue weighted by Crippen LogP contribution is 2.39. The zero-order valence-electron chi connectivity index (χ0n) is 7.48. The molecule has 0 radical (unpaired) electrons. The van der Waals surface area contributed by atoms with E-state index in [1.807, 2.05) is 0 Å². The second-order valence-corrected chi connectivity index (χ2v) is 3.36. The van der Waals surface area contributed by atoms with E-state index in [9.17, 15) is 9.46 Å². The standard InChI is InChI=1S/C6H15O5P/c1-4-9-6(3)11-12(7,8)10-5-2/h6H,4-5H2,1-3H3,(H,7,8)/p-1. The molecule has 0 aliphatic rings. The van der Waals surface area contributed by atoms with E-state index >= 15 is 0 Å². The quantitative estimate of drug-likeness (QED) is 0.467. The van der Waals surface area contributed by atoms with E-state index in [2.05, 4.69) is 9.05 Å². The van der Waals surface area contributed by atoms with Gasteiger partial charge in [0.05, 0.1) is 6.61 Å². The molecule has 0 amide bonds. The van der Waals surface area contributed by atoms with Crippen LogP contribution in [0.15, 0.2) is 0 Å². The molecule has 0 aromatic heterocycles. The van der Waals surface area contributed by atoms with Crippen molar-refractivity contribution >= 4 is 7.82 Å². The zero-order chi connectivity index (χ0) is 9.61. The summed E-state index contributed by atoms with van der Waals surface area (Å²) in [6.45, 7) is 5.27. The van der Waals surface area contributed by atoms with Gasteiger partial charge in [-0.2, -0.15) is 0 Å². The maximum Gasteiger partial charge on any atom is 0.270 e. The van der Waals surface area contributed by atoms with Gasteiger partial charge in [0.15, 0.2) is 6.29 Å². The summed E-state index contributed by atoms with van der Waals surface area (Å²) in [6, 6.07) is 0. The summed E-state index contributed by atoms with van der Waals surface area (Å²) >= 11 is 0. The van der Waals surface area contributed by atoms with E-state index in [4.69, 9.17) is 4.74 Å². The molecule has 0 heterocycles. The van der Waals surface area contributed by atoms with Crippen LogP contribution in [-0.4, -0.2) is 19.5 Å². The second-order valence-electron chi connectivity index (χ2n) is 1.99. The van der Waals surface area contributed by atoms with Crippen LogP contribution in [0, 0.1) is 0 Å². The number of phosphoric acid groups is 1. The minimum atomic E-state index is -4.15. The monoisotopic (exact) mass is 197 g/mol. The number of hydrogen-bond acceptors (Lipinski definition) is 5. The highest BCUT2D eigenvalue weighted by atomic mass is 31.2. The fraction of sp³-hybridized carbons (Fsp3) is 1.00. The fourth-order valence-electron chi connectivity index (χ4n) is 0.635. The van der Waals surface area contributed by atoms with E-state index in [0.717, 1.165) is 0 Å². The van der Waals surface area contributed by atoms with Crippen LogP contribution in [0.5, 0.6) is 0 Å². The first-order chi connectivity index (χ1) is 5.52. The largest absolute Gasteiger partial charge is 0.756 e. The molecule has 0 spiro atoms. The smallest absolute Gasteiger partial charge is 0.270 e. The first kappa shape index (κ1) is 12.1. The van der Waals surface area contributed by atoms with Gasteiger partial charge in [0, 0.05) is 6.61 Å². The summed E-state index contributed by atoms with van der Waals surface area (Å²) in [7, 11) is -4.15. The average molecular weight is 197 g/mol. The molecule has 0 fully saturated rings. The number of ether oxygens (including phenoxy) is 1. The molecule has 12 heavy (non-hydrogen) atoms. The third kappa shape index (κ3) is 5.69. The zero-order valence-corrected chi connectivity index (χ0v) is 8.37. The molecule has 5 nitrogen and oxygen atoms in total. The molecule has 0 saturated carbocycles. The molecule has 0 N–H and O–H groups in total. The minimum Gasteiger partial charge on any atom is -0.756 e. The Labute approximate surface area is 72.2 Å². The van der Waals surface area contributed by atoms with E-state index in [1.54, 1.807) is 13.8 Å². The van der Waals surface area contributed by atoms with Gasteiger partial charge in [-0.15, -0.1) is 0 Å². The summed E-state index contributed by atoms with van der Waals surface area (Å²) in [5.74, 6) is 0. The first-order valence-corrected chi connectivity index (χ1v) is 5.23. The molecule has 2 atom stereocenters. The molecule has 0 aromatic carbocycles. The lowest BCUT2D eigenvalue weighted by Crippen LogP contribution is -2.17. The van der Waals surface area contributed by atoms with E-state index < -0.39 is 14.1 Å². The summed E-state index contributed by atoms with van der Waals surface area (Å²) in [5, 5.41) is 0. The third-order valence-corrected chi connectivity index (χ3v) is 2.10. The Morgan fingerprint density at radius 1 is 1.42 bits per heavy atom. The third-order valence-electron chi connectivity index (χ3n) is 0.966. The van der Waals surface area contributed by atoms with Crippen molar-refractivity contribution in [2.45, 2.75) is 27.1 Å². The topological polar surface area (TPSA) is 67.8 Å². The van der Waals surface area contributed by atoms with Crippen LogP contribution in [-0.2, 0) is 18.3 Å². The highest BCUT2D eigenvalue weighted by Gasteiger charge is 2.12. The van der Waals surface area contributed by atoms with Gasteiger partial charge in [0.2, 0.25) is 0 Å². The lowest BCUT2D eigenvalue weighted by atomic mass is 10.7. The van der Waals surface area contributed by atoms with Crippen molar-refractivity contribution in [3.63, 3.8) is 0 Å². The van der Waals surface area contributed by atoms with E-state index in [0.29, 0.717) is 6.61 Å². The van der Waals surface area contributed by atoms with Gasteiger partial charge in [0.25, 0.3) is 7.82 Å². The Hall–Kier alpha value is 0.0700. The van der Waals surface area contributed by atoms with Gasteiger partial charge in [-0.25, -0.2) is 0 Å². The SMILES string of the molecule is CCOC(C)OP(=O)([O-])OCC. The van der Waals surface area contributed by atoms with E-state index in [1.165, 1.54) is 6.92 Å². The molecule has 0 rings (SSSR count). The van der Waals surface area contributed by atoms with Crippen molar-refractivity contribution < 1.29 is 23.2 Å². The molecule has 0 aromatic rings. The Bertz CT molecular complexity index is 160. The maximum atomic E-state index is 10.8. The van der Waals surface area contributed by atoms with Gasteiger partial charge in [0.1, 0.15) is 0 Å². The van der Waals surface area contributed by atoms with Gasteiger partial charge in [-0.3, -0.25) is 9.09 Å². The Balaban J connectivity index is 3.79. The van der Waals surface area contributed by atoms with Gasteiger partial charge in [-0.05, 0) is 20.8 Å². The molecular weight excluding hydrogens is 183 g/mol. The molecule has 6 heteroatoms. The normalized spacial score (nSPS) is 18.7. The Morgan fingerprint density at radius 3 is 2.42 bits per heavy atom. The van der Waals surface area contributed by atoms with Crippen LogP contribution in [0.25, 0.3) is 0 Å². The lowest BCUT2D eigenvalue weighted by Gasteiger charge is -2.25. The van der Waals surface area contributed by atoms with Crippen molar-refractivity contribution in [2.24, 2.45) is 0 Å². The Kier molecular flexibility index (Phi) is 5.70. The van der Waals surface area contributed by atoms with Gasteiger partial charge in [-0.1, -0.05) is 0 Å². The summed E-state index contributed by atoms with van der Waals surface area (Å²) in [6.07, 6.45) is -0.787. The van der Waals surface area contributed by atoms with Crippen LogP contribution in [0.3, 0.4) is 0 Å². The molecule has 0 bridgehead atoms. The number of phosphoric ester groups is 1. The van der Waals surface area contributed by atoms with Crippen LogP contribution < -0.4 is 4.89 Å². The minimum absolute atomic E-state index is 0.0691. The first-order valence-electron chi connectivity index (χ1n) is 3.77. The van der Waals surface area contributed by atoms with Crippen molar-refractivity contribution in [1.82, 2.24) is 0 Å². The summed E-state index contributed by atoms with van der Waals surface area (Å²) < 4.78 is 24.5. The van der Waals surface area contributed by atoms with Crippen molar-refractivity contribution in [3.05, 3.63) is 0 Å². The predicted molar refractivity (Wildman–Crippen MR) is 41.4 cm³/mol. The maximum absolute atomic E-state index is 10.8. The van der Waals surface area contributed by atoms with E-state index in [-0.39, 0.29) is 6.61 Å². The Morgan fingerprint density at radius 2 is 2.00 bits per heavy atom. The highest BCUT2D eigenvalue weighted by molar-refractivity contribution is 7.45. The fourth-order valence-corrected chi connectivity index (χ4v) is 1.44. The van der Waals surface area contributed by atoms with Gasteiger partial charge >= 0.3 is 0 Å². The molecule has 0 aliphatic carbocycles. The van der Waals surface area contributed by atoms with Crippen molar-refractivity contribution in [3.8, 4) is 0 Å². The summed E-state index contributed by atoms with van der Waals surface area (Å²) in [5.41, 5.74) is 0. The van der Waals surface area contributed by atoms with Crippen LogP contribution >= 0.6 is 7.82 Å². The molecule has 0 aliphatic heterocycles. The van der Waals surface area contributed by atoms with Crippen LogP contribution in [0.1, 0.15) is 20.8 Å². The van der Waals surface area contributed by atoms with Crippen LogP contribution in [0.2, 0.25) is 0 Å². The second kappa shape index (κ2) is 5.67.